The van der Waals surface area contributed by atoms with Crippen LogP contribution in [0.15, 0.2) is 72.8 Å². The third kappa shape index (κ3) is 5.81. The molecule has 0 saturated carbocycles. The van der Waals surface area contributed by atoms with E-state index in [9.17, 15) is 0 Å². The fraction of sp³-hybridized carbons (Fsp3) is 0.321. The van der Waals surface area contributed by atoms with Gasteiger partial charge in [0.1, 0.15) is 0 Å². The molecule has 0 unspecified atom stereocenters. The highest BCUT2D eigenvalue weighted by Gasteiger charge is 2.25. The molecule has 3 N–H and O–H groups in total. The molecule has 0 aliphatic heterocycles. The first-order valence-corrected chi connectivity index (χ1v) is 11.7. The van der Waals surface area contributed by atoms with E-state index < -0.39 is 0 Å². The van der Waals surface area contributed by atoms with Crippen molar-refractivity contribution in [1.82, 2.24) is 0 Å². The number of para-hydroxylation sites is 3. The molecule has 3 aromatic carbocycles. The van der Waals surface area contributed by atoms with Gasteiger partial charge in [-0.3, -0.25) is 0 Å². The molecule has 0 aliphatic rings. The average Bonchev–Trinajstić information content (AvgIpc) is 2.82. The molecular weight excluding hydrogens is 378 g/mol. The molecule has 0 fully saturated rings. The molecule has 0 saturated heterocycles. The highest BCUT2D eigenvalue weighted by molar-refractivity contribution is 5.77. The largest absolute Gasteiger partial charge is 0.385 e. The second kappa shape index (κ2) is 12.0. The minimum atomic E-state index is 0.954. The third-order valence-corrected chi connectivity index (χ3v) is 5.29. The van der Waals surface area contributed by atoms with E-state index >= 15 is 0 Å². The zero-order valence-electron chi connectivity index (χ0n) is 19.2. The summed E-state index contributed by atoms with van der Waals surface area (Å²) in [7, 11) is 0. The smallest absolute Gasteiger partial charge is 0.0692 e. The first-order valence-electron chi connectivity index (χ1n) is 11.7. The fourth-order valence-corrected chi connectivity index (χ4v) is 3.78. The summed E-state index contributed by atoms with van der Waals surface area (Å²) in [4.78, 5) is 0. The highest BCUT2D eigenvalue weighted by Crippen LogP contribution is 2.41. The van der Waals surface area contributed by atoms with Crippen LogP contribution in [0.1, 0.15) is 56.7 Å². The average molecular weight is 415 g/mol. The summed E-state index contributed by atoms with van der Waals surface area (Å²) in [6, 6.07) is 26.0. The van der Waals surface area contributed by atoms with Crippen LogP contribution >= 0.6 is 0 Å². The molecule has 1 radical (unpaired) electrons. The van der Waals surface area contributed by atoms with E-state index in [0.717, 1.165) is 38.9 Å². The first kappa shape index (κ1) is 22.7. The van der Waals surface area contributed by atoms with Gasteiger partial charge in [-0.15, -0.1) is 0 Å². The minimum absolute atomic E-state index is 0.954. The van der Waals surface area contributed by atoms with Crippen LogP contribution in [0.3, 0.4) is 0 Å². The lowest BCUT2D eigenvalue weighted by molar-refractivity contribution is 0.969. The van der Waals surface area contributed by atoms with E-state index in [2.05, 4.69) is 110 Å². The van der Waals surface area contributed by atoms with Gasteiger partial charge in [0.25, 0.3) is 0 Å². The molecule has 3 heteroatoms. The second-order valence-corrected chi connectivity index (χ2v) is 7.79. The van der Waals surface area contributed by atoms with Gasteiger partial charge in [0.15, 0.2) is 0 Å². The Bertz CT molecular complexity index is 812. The molecule has 0 aliphatic carbocycles. The molecule has 0 amide bonds. The maximum Gasteiger partial charge on any atom is 0.0692 e. The Balaban J connectivity index is 2.18. The number of benzene rings is 3. The van der Waals surface area contributed by atoms with Gasteiger partial charge in [0, 0.05) is 36.7 Å². The van der Waals surface area contributed by atoms with Crippen LogP contribution in [-0.2, 0) is 0 Å². The van der Waals surface area contributed by atoms with Crippen LogP contribution in [0.25, 0.3) is 0 Å². The van der Waals surface area contributed by atoms with Crippen LogP contribution in [0.2, 0.25) is 0 Å². The fourth-order valence-electron chi connectivity index (χ4n) is 3.78. The van der Waals surface area contributed by atoms with Crippen LogP contribution in [0.5, 0.6) is 0 Å². The predicted molar refractivity (Wildman–Crippen MR) is 136 cm³/mol. The van der Waals surface area contributed by atoms with E-state index in [1.165, 1.54) is 39.7 Å². The van der Waals surface area contributed by atoms with E-state index in [0.29, 0.717) is 0 Å². The van der Waals surface area contributed by atoms with Crippen molar-refractivity contribution in [1.29, 1.82) is 0 Å². The lowest BCUT2D eigenvalue weighted by Crippen LogP contribution is -2.14. The number of rotatable bonds is 12. The second-order valence-electron chi connectivity index (χ2n) is 7.79. The summed E-state index contributed by atoms with van der Waals surface area (Å²) in [5, 5.41) is 10.9. The molecule has 0 spiro atoms. The Morgan fingerprint density at radius 2 is 0.774 bits per heavy atom. The highest BCUT2D eigenvalue weighted by atomic mass is 14.9. The van der Waals surface area contributed by atoms with E-state index in [1.807, 2.05) is 0 Å². The summed E-state index contributed by atoms with van der Waals surface area (Å²) in [5.41, 5.74) is 7.21. The van der Waals surface area contributed by atoms with Gasteiger partial charge >= 0.3 is 0 Å². The van der Waals surface area contributed by atoms with Crippen molar-refractivity contribution in [3.63, 3.8) is 0 Å². The normalized spacial score (nSPS) is 10.8. The van der Waals surface area contributed by atoms with Crippen molar-refractivity contribution in [3.05, 3.63) is 95.4 Å². The Labute approximate surface area is 188 Å². The zero-order valence-corrected chi connectivity index (χ0v) is 19.2. The maximum atomic E-state index is 3.65. The summed E-state index contributed by atoms with van der Waals surface area (Å²) < 4.78 is 0. The molecule has 3 aromatic rings. The summed E-state index contributed by atoms with van der Waals surface area (Å²) in [6.07, 6.45) is 3.27. The van der Waals surface area contributed by atoms with Crippen molar-refractivity contribution in [3.8, 4) is 0 Å². The third-order valence-electron chi connectivity index (χ3n) is 5.29. The molecular formula is C28H36N3. The Morgan fingerprint density at radius 1 is 0.484 bits per heavy atom. The van der Waals surface area contributed by atoms with Gasteiger partial charge in [0.05, 0.1) is 5.92 Å². The zero-order chi connectivity index (χ0) is 21.9. The number of anilines is 3. The molecule has 163 valence electrons. The van der Waals surface area contributed by atoms with Crippen molar-refractivity contribution < 1.29 is 0 Å². The van der Waals surface area contributed by atoms with E-state index in [4.69, 9.17) is 0 Å². The monoisotopic (exact) mass is 414 g/mol. The molecule has 31 heavy (non-hydrogen) atoms. The SMILES string of the molecule is CCCNc1ccccc1[C](c1ccccc1NCCC)c1ccccc1NCCC. The van der Waals surface area contributed by atoms with Gasteiger partial charge in [-0.2, -0.15) is 0 Å². The number of hydrogen-bond acceptors (Lipinski definition) is 3. The van der Waals surface area contributed by atoms with Gasteiger partial charge in [0.2, 0.25) is 0 Å². The van der Waals surface area contributed by atoms with Crippen molar-refractivity contribution >= 4 is 17.1 Å². The Morgan fingerprint density at radius 3 is 1.06 bits per heavy atom. The van der Waals surface area contributed by atoms with Gasteiger partial charge in [-0.25, -0.2) is 0 Å². The van der Waals surface area contributed by atoms with Gasteiger partial charge < -0.3 is 16.0 Å². The van der Waals surface area contributed by atoms with Gasteiger partial charge in [-0.1, -0.05) is 75.4 Å². The number of hydrogen-bond donors (Lipinski definition) is 3. The van der Waals surface area contributed by atoms with Crippen molar-refractivity contribution in [2.24, 2.45) is 0 Å². The predicted octanol–water partition coefficient (Wildman–Crippen LogP) is 7.17. The molecule has 0 atom stereocenters. The van der Waals surface area contributed by atoms with Crippen molar-refractivity contribution in [2.75, 3.05) is 35.6 Å². The summed E-state index contributed by atoms with van der Waals surface area (Å²) in [6.45, 7) is 9.47. The summed E-state index contributed by atoms with van der Waals surface area (Å²) in [5.74, 6) is 1.25. The lowest BCUT2D eigenvalue weighted by atomic mass is 9.82. The van der Waals surface area contributed by atoms with Crippen LogP contribution in [-0.4, -0.2) is 19.6 Å². The molecule has 0 aromatic heterocycles. The number of nitrogens with one attached hydrogen (secondary N) is 3. The summed E-state index contributed by atoms with van der Waals surface area (Å²) >= 11 is 0. The molecule has 3 rings (SSSR count). The van der Waals surface area contributed by atoms with E-state index in [1.54, 1.807) is 0 Å². The molecule has 3 nitrogen and oxygen atoms in total. The maximum absolute atomic E-state index is 3.65. The standard InChI is InChI=1S/C28H36N3/c1-4-19-29-25-16-10-7-13-22(25)28(23-14-8-11-17-26(23)30-20-5-2)24-15-9-12-18-27(24)31-21-6-3/h7-18,29-31H,4-6,19-21H2,1-3H3. The quantitative estimate of drug-likeness (QED) is 0.275. The minimum Gasteiger partial charge on any atom is -0.385 e. The lowest BCUT2D eigenvalue weighted by Gasteiger charge is -2.26. The Kier molecular flexibility index (Phi) is 8.84. The van der Waals surface area contributed by atoms with E-state index in [-0.39, 0.29) is 0 Å². The molecule has 0 bridgehead atoms. The van der Waals surface area contributed by atoms with Gasteiger partial charge in [-0.05, 0) is 54.2 Å². The Hall–Kier alpha value is -2.94. The van der Waals surface area contributed by atoms with Crippen LogP contribution < -0.4 is 16.0 Å². The topological polar surface area (TPSA) is 36.1 Å². The van der Waals surface area contributed by atoms with Crippen LogP contribution in [0.4, 0.5) is 17.1 Å². The van der Waals surface area contributed by atoms with Crippen LogP contribution in [0, 0.1) is 5.92 Å². The van der Waals surface area contributed by atoms with Crippen molar-refractivity contribution in [2.45, 2.75) is 40.0 Å². The molecule has 0 heterocycles. The first-order chi connectivity index (χ1) is 15.3.